The molecule has 0 aromatic rings. The average molecular weight is 283 g/mol. The largest absolute Gasteiger partial charge is 0.481 e. The smallest absolute Gasteiger partial charge is 0.303 e. The van der Waals surface area contributed by atoms with Crippen molar-refractivity contribution in [2.75, 3.05) is 13.2 Å². The van der Waals surface area contributed by atoms with E-state index in [9.17, 15) is 9.59 Å². The summed E-state index contributed by atoms with van der Waals surface area (Å²) in [6.07, 6.45) is 5.49. The molecule has 5 heteroatoms. The molecule has 20 heavy (non-hydrogen) atoms. The lowest BCUT2D eigenvalue weighted by Crippen LogP contribution is -2.48. The van der Waals surface area contributed by atoms with Crippen LogP contribution in [0.2, 0.25) is 0 Å². The molecule has 114 valence electrons. The van der Waals surface area contributed by atoms with Gasteiger partial charge in [0.2, 0.25) is 5.91 Å². The van der Waals surface area contributed by atoms with Crippen molar-refractivity contribution < 1.29 is 19.4 Å². The Hall–Kier alpha value is -1.10. The van der Waals surface area contributed by atoms with Gasteiger partial charge in [-0.3, -0.25) is 9.59 Å². The van der Waals surface area contributed by atoms with Crippen molar-refractivity contribution in [3.63, 3.8) is 0 Å². The van der Waals surface area contributed by atoms with E-state index >= 15 is 0 Å². The van der Waals surface area contributed by atoms with E-state index in [4.69, 9.17) is 9.84 Å². The topological polar surface area (TPSA) is 66.8 Å². The molecule has 2 saturated heterocycles. The molecular formula is C15H25NO4. The van der Waals surface area contributed by atoms with Crippen LogP contribution in [0.25, 0.3) is 0 Å². The van der Waals surface area contributed by atoms with Crippen LogP contribution in [0.1, 0.15) is 51.9 Å². The molecule has 0 aromatic heterocycles. The maximum absolute atomic E-state index is 12.7. The predicted octanol–water partition coefficient (Wildman–Crippen LogP) is 2.05. The second-order valence-corrected chi connectivity index (χ2v) is 5.83. The fraction of sp³-hybridized carbons (Fsp3) is 0.867. The van der Waals surface area contributed by atoms with Crippen LogP contribution in [-0.4, -0.2) is 47.2 Å². The van der Waals surface area contributed by atoms with Crippen LogP contribution < -0.4 is 0 Å². The molecule has 2 aliphatic rings. The van der Waals surface area contributed by atoms with Gasteiger partial charge >= 0.3 is 5.97 Å². The number of ether oxygens (including phenoxy) is 1. The lowest BCUT2D eigenvalue weighted by molar-refractivity contribution is -0.143. The van der Waals surface area contributed by atoms with Gasteiger partial charge in [0.1, 0.15) is 0 Å². The fourth-order valence-electron chi connectivity index (χ4n) is 3.43. The number of carboxylic acids is 1. The van der Waals surface area contributed by atoms with Gasteiger partial charge in [-0.05, 0) is 38.5 Å². The summed E-state index contributed by atoms with van der Waals surface area (Å²) in [5, 5.41) is 8.84. The molecule has 0 aromatic carbocycles. The third kappa shape index (κ3) is 3.51. The van der Waals surface area contributed by atoms with Crippen LogP contribution in [-0.2, 0) is 14.3 Å². The van der Waals surface area contributed by atoms with E-state index in [1.165, 1.54) is 0 Å². The number of carbonyl (C=O) groups is 2. The predicted molar refractivity (Wildman–Crippen MR) is 74.4 cm³/mol. The van der Waals surface area contributed by atoms with Crippen LogP contribution in [0.3, 0.4) is 0 Å². The molecule has 0 saturated carbocycles. The van der Waals surface area contributed by atoms with E-state index in [0.717, 1.165) is 38.6 Å². The normalized spacial score (nSPS) is 30.4. The Bertz CT molecular complexity index is 358. The van der Waals surface area contributed by atoms with Gasteiger partial charge in [0.25, 0.3) is 0 Å². The lowest BCUT2D eigenvalue weighted by atomic mass is 9.92. The first kappa shape index (κ1) is 15.3. The summed E-state index contributed by atoms with van der Waals surface area (Å²) >= 11 is 0. The number of likely N-dealkylation sites (tertiary alicyclic amines) is 1. The first-order valence-electron chi connectivity index (χ1n) is 7.77. The van der Waals surface area contributed by atoms with Crippen molar-refractivity contribution in [3.05, 3.63) is 0 Å². The summed E-state index contributed by atoms with van der Waals surface area (Å²) in [5.41, 5.74) is 0. The molecule has 0 bridgehead atoms. The SMILES string of the molecule is CCC1OCCC1C(=O)N1CCCCC1CCC(=O)O. The highest BCUT2D eigenvalue weighted by molar-refractivity contribution is 5.80. The van der Waals surface area contributed by atoms with E-state index in [1.807, 2.05) is 11.8 Å². The highest BCUT2D eigenvalue weighted by Crippen LogP contribution is 2.29. The van der Waals surface area contributed by atoms with Crippen molar-refractivity contribution >= 4 is 11.9 Å². The van der Waals surface area contributed by atoms with Crippen molar-refractivity contribution in [3.8, 4) is 0 Å². The fourth-order valence-corrected chi connectivity index (χ4v) is 3.43. The number of aliphatic carboxylic acids is 1. The van der Waals surface area contributed by atoms with Crippen LogP contribution in [0.4, 0.5) is 0 Å². The zero-order chi connectivity index (χ0) is 14.5. The molecule has 2 aliphatic heterocycles. The molecule has 2 rings (SSSR count). The molecule has 1 amide bonds. The summed E-state index contributed by atoms with van der Waals surface area (Å²) in [5.74, 6) is -0.617. The Morgan fingerprint density at radius 2 is 2.10 bits per heavy atom. The Balaban J connectivity index is 1.99. The molecule has 0 radical (unpaired) electrons. The molecule has 0 aliphatic carbocycles. The van der Waals surface area contributed by atoms with Gasteiger partial charge in [0.15, 0.2) is 0 Å². The summed E-state index contributed by atoms with van der Waals surface area (Å²) in [6.45, 7) is 3.49. The third-order valence-electron chi connectivity index (χ3n) is 4.53. The first-order valence-corrected chi connectivity index (χ1v) is 7.77. The summed E-state index contributed by atoms with van der Waals surface area (Å²) in [4.78, 5) is 25.4. The number of rotatable bonds is 5. The van der Waals surface area contributed by atoms with Crippen molar-refractivity contribution in [2.45, 2.75) is 64.0 Å². The monoisotopic (exact) mass is 283 g/mol. The number of hydrogen-bond acceptors (Lipinski definition) is 3. The van der Waals surface area contributed by atoms with Gasteiger partial charge in [0, 0.05) is 25.6 Å². The Labute approximate surface area is 120 Å². The molecule has 2 fully saturated rings. The standard InChI is InChI=1S/C15H25NO4/c1-2-13-12(8-10-20-13)15(19)16-9-4-3-5-11(16)6-7-14(17)18/h11-13H,2-10H2,1H3,(H,17,18). The molecule has 1 N–H and O–H groups in total. The molecule has 2 heterocycles. The third-order valence-corrected chi connectivity index (χ3v) is 4.53. The lowest BCUT2D eigenvalue weighted by Gasteiger charge is -2.38. The van der Waals surface area contributed by atoms with E-state index in [2.05, 4.69) is 0 Å². The Kier molecular flexibility index (Phi) is 5.40. The van der Waals surface area contributed by atoms with Gasteiger partial charge in [-0.1, -0.05) is 6.92 Å². The molecule has 5 nitrogen and oxygen atoms in total. The summed E-state index contributed by atoms with van der Waals surface area (Å²) < 4.78 is 5.62. The second kappa shape index (κ2) is 7.07. The maximum Gasteiger partial charge on any atom is 0.303 e. The van der Waals surface area contributed by atoms with E-state index in [1.54, 1.807) is 0 Å². The zero-order valence-corrected chi connectivity index (χ0v) is 12.2. The molecule has 0 spiro atoms. The zero-order valence-electron chi connectivity index (χ0n) is 12.2. The number of hydrogen-bond donors (Lipinski definition) is 1. The maximum atomic E-state index is 12.7. The van der Waals surface area contributed by atoms with Gasteiger partial charge in [0.05, 0.1) is 12.0 Å². The molecule has 3 atom stereocenters. The van der Waals surface area contributed by atoms with Crippen LogP contribution in [0.5, 0.6) is 0 Å². The Morgan fingerprint density at radius 3 is 2.80 bits per heavy atom. The van der Waals surface area contributed by atoms with Gasteiger partial charge in [-0.2, -0.15) is 0 Å². The van der Waals surface area contributed by atoms with Crippen LogP contribution >= 0.6 is 0 Å². The first-order chi connectivity index (χ1) is 9.63. The van der Waals surface area contributed by atoms with Gasteiger partial charge in [-0.25, -0.2) is 0 Å². The van der Waals surface area contributed by atoms with Crippen LogP contribution in [0, 0.1) is 5.92 Å². The number of piperidine rings is 1. The van der Waals surface area contributed by atoms with E-state index in [-0.39, 0.29) is 30.4 Å². The highest BCUT2D eigenvalue weighted by Gasteiger charge is 2.38. The van der Waals surface area contributed by atoms with E-state index in [0.29, 0.717) is 13.0 Å². The molecule has 3 unspecified atom stereocenters. The minimum atomic E-state index is -0.779. The van der Waals surface area contributed by atoms with Crippen molar-refractivity contribution in [1.82, 2.24) is 4.90 Å². The number of amides is 1. The summed E-state index contributed by atoms with van der Waals surface area (Å²) in [6, 6.07) is 0.102. The van der Waals surface area contributed by atoms with Crippen LogP contribution in [0.15, 0.2) is 0 Å². The minimum Gasteiger partial charge on any atom is -0.481 e. The number of carbonyl (C=O) groups excluding carboxylic acids is 1. The molecular weight excluding hydrogens is 258 g/mol. The van der Waals surface area contributed by atoms with E-state index < -0.39 is 5.97 Å². The minimum absolute atomic E-state index is 0.0228. The number of nitrogens with zero attached hydrogens (tertiary/aromatic N) is 1. The van der Waals surface area contributed by atoms with Crippen molar-refractivity contribution in [2.24, 2.45) is 5.92 Å². The average Bonchev–Trinajstić information content (AvgIpc) is 2.93. The van der Waals surface area contributed by atoms with Gasteiger partial charge in [-0.15, -0.1) is 0 Å². The Morgan fingerprint density at radius 1 is 1.30 bits per heavy atom. The van der Waals surface area contributed by atoms with Gasteiger partial charge < -0.3 is 14.7 Å². The highest BCUT2D eigenvalue weighted by atomic mass is 16.5. The quantitative estimate of drug-likeness (QED) is 0.838. The second-order valence-electron chi connectivity index (χ2n) is 5.83. The van der Waals surface area contributed by atoms with Crippen molar-refractivity contribution in [1.29, 1.82) is 0 Å². The number of carboxylic acid groups (broad SMARTS) is 1. The summed E-state index contributed by atoms with van der Waals surface area (Å²) in [7, 11) is 0.